The predicted octanol–water partition coefficient (Wildman–Crippen LogP) is 2.54. The van der Waals surface area contributed by atoms with Gasteiger partial charge in [-0.2, -0.15) is 0 Å². The molecule has 0 aliphatic heterocycles. The molecule has 2 heterocycles. The number of aryl methyl sites for hydroxylation is 1. The van der Waals surface area contributed by atoms with Gasteiger partial charge in [0.2, 0.25) is 5.91 Å². The molecule has 0 unspecified atom stereocenters. The van der Waals surface area contributed by atoms with E-state index in [2.05, 4.69) is 25.8 Å². The summed E-state index contributed by atoms with van der Waals surface area (Å²) in [7, 11) is 1.96. The number of carbonyl (C=O) groups is 1. The Morgan fingerprint density at radius 2 is 2.08 bits per heavy atom. The first-order valence-electron chi connectivity index (χ1n) is 9.05. The summed E-state index contributed by atoms with van der Waals surface area (Å²) in [4.78, 5) is 17.1. The molecule has 0 saturated heterocycles. The second-order valence-corrected chi connectivity index (χ2v) is 7.35. The second-order valence-electron chi connectivity index (χ2n) is 7.35. The van der Waals surface area contributed by atoms with Gasteiger partial charge < -0.3 is 9.88 Å². The van der Waals surface area contributed by atoms with Gasteiger partial charge in [-0.3, -0.25) is 4.79 Å². The van der Waals surface area contributed by atoms with E-state index in [0.29, 0.717) is 13.0 Å². The fourth-order valence-corrected chi connectivity index (χ4v) is 4.05. The Morgan fingerprint density at radius 3 is 2.85 bits per heavy atom. The molecule has 8 heteroatoms. The number of fused-ring (bicyclic) bond motifs is 1. The van der Waals surface area contributed by atoms with E-state index in [1.807, 2.05) is 29.8 Å². The quantitative estimate of drug-likeness (QED) is 0.761. The Labute approximate surface area is 151 Å². The van der Waals surface area contributed by atoms with Crippen molar-refractivity contribution in [2.24, 2.45) is 12.5 Å². The largest absolute Gasteiger partial charge is 0.334 e. The van der Waals surface area contributed by atoms with Crippen LogP contribution >= 0.6 is 0 Å². The number of imidazole rings is 1. The second kappa shape index (κ2) is 6.86. The molecule has 1 amide bonds. The van der Waals surface area contributed by atoms with Crippen molar-refractivity contribution in [3.63, 3.8) is 0 Å². The number of aromatic nitrogens is 6. The predicted molar refractivity (Wildman–Crippen MR) is 97.3 cm³/mol. The number of hydrogen-bond donors (Lipinski definition) is 1. The molecule has 136 valence electrons. The molecule has 4 rings (SSSR count). The topological polar surface area (TPSA) is 90.5 Å². The Hall–Kier alpha value is -2.77. The van der Waals surface area contributed by atoms with Crippen molar-refractivity contribution in [2.45, 2.75) is 45.1 Å². The van der Waals surface area contributed by atoms with Gasteiger partial charge in [0.25, 0.3) is 0 Å². The van der Waals surface area contributed by atoms with Gasteiger partial charge in [-0.25, -0.2) is 9.67 Å². The molecule has 1 aliphatic rings. The SMILES string of the molecule is Cn1cnc2cc(NC(=O)CC3(Cn4cnnn4)CCCCC3)ccc21. The minimum absolute atomic E-state index is 0.0373. The highest BCUT2D eigenvalue weighted by Crippen LogP contribution is 2.41. The molecular weight excluding hydrogens is 330 g/mol. The maximum atomic E-state index is 12.8. The summed E-state index contributed by atoms with van der Waals surface area (Å²) in [6.07, 6.45) is 9.47. The number of anilines is 1. The summed E-state index contributed by atoms with van der Waals surface area (Å²) < 4.78 is 3.71. The number of benzene rings is 1. The zero-order chi connectivity index (χ0) is 18.0. The minimum atomic E-state index is -0.0766. The van der Waals surface area contributed by atoms with Crippen LogP contribution in [0.4, 0.5) is 5.69 Å². The van der Waals surface area contributed by atoms with Crippen molar-refractivity contribution in [1.29, 1.82) is 0 Å². The van der Waals surface area contributed by atoms with Gasteiger partial charge in [0, 0.05) is 19.2 Å². The Morgan fingerprint density at radius 1 is 1.23 bits per heavy atom. The average Bonchev–Trinajstić information content (AvgIpc) is 3.25. The molecule has 1 aliphatic carbocycles. The van der Waals surface area contributed by atoms with Crippen LogP contribution in [0.25, 0.3) is 11.0 Å². The van der Waals surface area contributed by atoms with Crippen LogP contribution < -0.4 is 5.32 Å². The Kier molecular flexibility index (Phi) is 4.40. The van der Waals surface area contributed by atoms with Gasteiger partial charge in [0.05, 0.1) is 23.9 Å². The molecule has 0 bridgehead atoms. The molecule has 1 saturated carbocycles. The van der Waals surface area contributed by atoms with Gasteiger partial charge in [0.15, 0.2) is 0 Å². The highest BCUT2D eigenvalue weighted by molar-refractivity contribution is 5.93. The van der Waals surface area contributed by atoms with Crippen molar-refractivity contribution in [1.82, 2.24) is 29.8 Å². The Bertz CT molecular complexity index is 894. The van der Waals surface area contributed by atoms with E-state index in [1.54, 1.807) is 17.3 Å². The first-order chi connectivity index (χ1) is 12.6. The third kappa shape index (κ3) is 3.44. The number of nitrogens with one attached hydrogen (secondary N) is 1. The normalized spacial score (nSPS) is 16.7. The van der Waals surface area contributed by atoms with Gasteiger partial charge >= 0.3 is 0 Å². The molecule has 1 aromatic carbocycles. The molecule has 26 heavy (non-hydrogen) atoms. The van der Waals surface area contributed by atoms with E-state index in [1.165, 1.54) is 6.42 Å². The summed E-state index contributed by atoms with van der Waals surface area (Å²) >= 11 is 0. The van der Waals surface area contributed by atoms with E-state index >= 15 is 0 Å². The van der Waals surface area contributed by atoms with Crippen LogP contribution in [0.5, 0.6) is 0 Å². The minimum Gasteiger partial charge on any atom is -0.334 e. The number of carbonyl (C=O) groups excluding carboxylic acids is 1. The molecule has 0 atom stereocenters. The third-order valence-corrected chi connectivity index (χ3v) is 5.35. The molecule has 2 aromatic heterocycles. The molecule has 8 nitrogen and oxygen atoms in total. The molecule has 1 fully saturated rings. The van der Waals surface area contributed by atoms with E-state index in [-0.39, 0.29) is 11.3 Å². The average molecular weight is 353 g/mol. The van der Waals surface area contributed by atoms with E-state index in [0.717, 1.165) is 42.4 Å². The van der Waals surface area contributed by atoms with Crippen LogP contribution in [0.15, 0.2) is 30.9 Å². The fourth-order valence-electron chi connectivity index (χ4n) is 4.05. The van der Waals surface area contributed by atoms with Gasteiger partial charge in [-0.05, 0) is 46.9 Å². The standard InChI is InChI=1S/C18H23N7O/c1-24-12-19-15-9-14(5-6-16(15)24)21-17(26)10-18(7-3-2-4-8-18)11-25-13-20-22-23-25/h5-6,9,12-13H,2-4,7-8,10-11H2,1H3,(H,21,26). The van der Waals surface area contributed by atoms with Crippen LogP contribution in [0.1, 0.15) is 38.5 Å². The maximum Gasteiger partial charge on any atom is 0.225 e. The van der Waals surface area contributed by atoms with Gasteiger partial charge in [0.1, 0.15) is 6.33 Å². The molecule has 0 radical (unpaired) electrons. The van der Waals surface area contributed by atoms with Crippen molar-refractivity contribution >= 4 is 22.6 Å². The van der Waals surface area contributed by atoms with Crippen molar-refractivity contribution < 1.29 is 4.79 Å². The lowest BCUT2D eigenvalue weighted by Gasteiger charge is -2.36. The van der Waals surface area contributed by atoms with Crippen LogP contribution in [0.3, 0.4) is 0 Å². The molecule has 1 N–H and O–H groups in total. The van der Waals surface area contributed by atoms with E-state index < -0.39 is 0 Å². The summed E-state index contributed by atoms with van der Waals surface area (Å²) in [6, 6.07) is 5.83. The summed E-state index contributed by atoms with van der Waals surface area (Å²) in [5, 5.41) is 14.5. The lowest BCUT2D eigenvalue weighted by Crippen LogP contribution is -2.34. The van der Waals surface area contributed by atoms with Crippen molar-refractivity contribution in [3.05, 3.63) is 30.9 Å². The van der Waals surface area contributed by atoms with Crippen LogP contribution in [-0.2, 0) is 18.4 Å². The van der Waals surface area contributed by atoms with Crippen molar-refractivity contribution in [2.75, 3.05) is 5.32 Å². The first-order valence-corrected chi connectivity index (χ1v) is 9.05. The number of hydrogen-bond acceptors (Lipinski definition) is 5. The van der Waals surface area contributed by atoms with Crippen LogP contribution in [0, 0.1) is 5.41 Å². The number of amides is 1. The van der Waals surface area contributed by atoms with Gasteiger partial charge in [-0.1, -0.05) is 19.3 Å². The summed E-state index contributed by atoms with van der Waals surface area (Å²) in [6.45, 7) is 0.687. The first kappa shape index (κ1) is 16.7. The molecular formula is C18H23N7O. The van der Waals surface area contributed by atoms with Crippen LogP contribution in [0.2, 0.25) is 0 Å². The zero-order valence-electron chi connectivity index (χ0n) is 14.9. The highest BCUT2D eigenvalue weighted by Gasteiger charge is 2.35. The molecule has 3 aromatic rings. The monoisotopic (exact) mass is 353 g/mol. The smallest absolute Gasteiger partial charge is 0.225 e. The summed E-state index contributed by atoms with van der Waals surface area (Å²) in [5.74, 6) is 0.0373. The lowest BCUT2D eigenvalue weighted by molar-refractivity contribution is -0.119. The number of tetrazole rings is 1. The zero-order valence-corrected chi connectivity index (χ0v) is 14.9. The van der Waals surface area contributed by atoms with E-state index in [4.69, 9.17) is 0 Å². The number of rotatable bonds is 5. The fraction of sp³-hybridized carbons (Fsp3) is 0.500. The summed E-state index contributed by atoms with van der Waals surface area (Å²) in [5.41, 5.74) is 2.64. The highest BCUT2D eigenvalue weighted by atomic mass is 16.1. The number of nitrogens with zero attached hydrogens (tertiary/aromatic N) is 6. The molecule has 0 spiro atoms. The Balaban J connectivity index is 1.48. The lowest BCUT2D eigenvalue weighted by atomic mass is 9.71. The van der Waals surface area contributed by atoms with E-state index in [9.17, 15) is 4.79 Å². The van der Waals surface area contributed by atoms with Gasteiger partial charge in [-0.15, -0.1) is 5.10 Å². The maximum absolute atomic E-state index is 12.8. The van der Waals surface area contributed by atoms with Crippen LogP contribution in [-0.4, -0.2) is 35.7 Å². The van der Waals surface area contributed by atoms with Crippen molar-refractivity contribution in [3.8, 4) is 0 Å². The third-order valence-electron chi connectivity index (χ3n) is 5.35.